The van der Waals surface area contributed by atoms with Gasteiger partial charge in [0.2, 0.25) is 0 Å². The minimum absolute atomic E-state index is 0. The van der Waals surface area contributed by atoms with E-state index in [1.165, 1.54) is 19.2 Å². The Kier molecular flexibility index (Phi) is 4.26. The summed E-state index contributed by atoms with van der Waals surface area (Å²) in [5.41, 5.74) is 2.11. The van der Waals surface area contributed by atoms with Crippen LogP contribution in [0.4, 0.5) is 4.39 Å². The lowest BCUT2D eigenvalue weighted by atomic mass is 9.95. The second-order valence-corrected chi connectivity index (χ2v) is 3.51. The van der Waals surface area contributed by atoms with Crippen LogP contribution < -0.4 is 5.32 Å². The third-order valence-electron chi connectivity index (χ3n) is 2.58. The molecule has 1 aliphatic heterocycles. The second kappa shape index (κ2) is 5.27. The van der Waals surface area contributed by atoms with Crippen molar-refractivity contribution < 1.29 is 13.9 Å². The normalized spacial score (nSPS) is 13.6. The van der Waals surface area contributed by atoms with Crippen LogP contribution in [0.25, 0.3) is 0 Å². The van der Waals surface area contributed by atoms with Crippen molar-refractivity contribution >= 4 is 18.4 Å². The highest BCUT2D eigenvalue weighted by Gasteiger charge is 2.19. The molecule has 0 fully saturated rings. The number of fused-ring (bicyclic) bond motifs is 1. The molecule has 0 spiro atoms. The molecule has 1 aliphatic rings. The van der Waals surface area contributed by atoms with Gasteiger partial charge in [0.1, 0.15) is 5.82 Å². The zero-order valence-electron chi connectivity index (χ0n) is 8.88. The van der Waals surface area contributed by atoms with Gasteiger partial charge in [0.25, 0.3) is 0 Å². The van der Waals surface area contributed by atoms with Crippen molar-refractivity contribution in [1.29, 1.82) is 0 Å². The highest BCUT2D eigenvalue weighted by molar-refractivity contribution is 5.91. The molecule has 1 N–H and O–H groups in total. The van der Waals surface area contributed by atoms with Crippen LogP contribution in [0.3, 0.4) is 0 Å². The molecule has 0 unspecified atom stereocenters. The molecule has 5 heteroatoms. The van der Waals surface area contributed by atoms with Crippen LogP contribution in [0, 0.1) is 5.82 Å². The maximum atomic E-state index is 13.2. The summed E-state index contributed by atoms with van der Waals surface area (Å²) < 4.78 is 17.8. The number of ether oxygens (including phenoxy) is 1. The largest absolute Gasteiger partial charge is 0.465 e. The fourth-order valence-electron chi connectivity index (χ4n) is 1.87. The van der Waals surface area contributed by atoms with E-state index in [2.05, 4.69) is 10.1 Å². The lowest BCUT2D eigenvalue weighted by Gasteiger charge is -2.19. The number of hydrogen-bond acceptors (Lipinski definition) is 3. The summed E-state index contributed by atoms with van der Waals surface area (Å²) in [6.45, 7) is 1.42. The molecule has 0 radical (unpaired) electrons. The second-order valence-electron chi connectivity index (χ2n) is 3.51. The summed E-state index contributed by atoms with van der Waals surface area (Å²) in [4.78, 5) is 11.4. The third-order valence-corrected chi connectivity index (χ3v) is 2.58. The van der Waals surface area contributed by atoms with Gasteiger partial charge in [0.15, 0.2) is 0 Å². The van der Waals surface area contributed by atoms with E-state index < -0.39 is 11.8 Å². The van der Waals surface area contributed by atoms with Gasteiger partial charge >= 0.3 is 5.97 Å². The quantitative estimate of drug-likeness (QED) is 0.765. The summed E-state index contributed by atoms with van der Waals surface area (Å²) in [5.74, 6) is -0.856. The van der Waals surface area contributed by atoms with Crippen molar-refractivity contribution in [2.45, 2.75) is 13.0 Å². The third kappa shape index (κ3) is 2.33. The molecule has 88 valence electrons. The van der Waals surface area contributed by atoms with Gasteiger partial charge in [-0.2, -0.15) is 0 Å². The lowest BCUT2D eigenvalue weighted by molar-refractivity contribution is 0.0598. The van der Waals surface area contributed by atoms with Crippen LogP contribution in [0.2, 0.25) is 0 Å². The van der Waals surface area contributed by atoms with Crippen molar-refractivity contribution in [3.8, 4) is 0 Å². The van der Waals surface area contributed by atoms with E-state index in [0.29, 0.717) is 12.1 Å². The average Bonchev–Trinajstić information content (AvgIpc) is 2.26. The van der Waals surface area contributed by atoms with Crippen LogP contribution in [0.1, 0.15) is 21.5 Å². The highest BCUT2D eigenvalue weighted by atomic mass is 35.5. The van der Waals surface area contributed by atoms with Gasteiger partial charge in [-0.1, -0.05) is 0 Å². The summed E-state index contributed by atoms with van der Waals surface area (Å²) in [7, 11) is 1.31. The molecule has 1 aromatic carbocycles. The molecule has 1 aromatic rings. The molecular weight excluding hydrogens is 233 g/mol. The Labute approximate surface area is 99.4 Å². The predicted molar refractivity (Wildman–Crippen MR) is 60.4 cm³/mol. The first kappa shape index (κ1) is 12.9. The Morgan fingerprint density at radius 3 is 2.94 bits per heavy atom. The highest BCUT2D eigenvalue weighted by Crippen LogP contribution is 2.21. The molecule has 1 heterocycles. The number of methoxy groups -OCH3 is 1. The number of carbonyl (C=O) groups excluding carboxylic acids is 1. The first-order valence-corrected chi connectivity index (χ1v) is 4.82. The first-order chi connectivity index (χ1) is 7.22. The Balaban J connectivity index is 0.00000128. The van der Waals surface area contributed by atoms with E-state index in [-0.39, 0.29) is 12.4 Å². The molecular formula is C11H13ClFNO2. The number of esters is 1. The number of carbonyl (C=O) groups is 1. The van der Waals surface area contributed by atoms with Crippen molar-refractivity contribution in [3.63, 3.8) is 0 Å². The maximum Gasteiger partial charge on any atom is 0.338 e. The standard InChI is InChI=1S/C11H12FNO2.ClH/c1-15-11(14)10-5-8(12)4-7-6-13-3-2-9(7)10;/h4-5,13H,2-3,6H2,1H3;1H. The zero-order chi connectivity index (χ0) is 10.8. The number of nitrogens with one attached hydrogen (secondary N) is 1. The Morgan fingerprint density at radius 1 is 1.50 bits per heavy atom. The van der Waals surface area contributed by atoms with Crippen molar-refractivity contribution in [3.05, 3.63) is 34.6 Å². The fraction of sp³-hybridized carbons (Fsp3) is 0.364. The average molecular weight is 246 g/mol. The minimum Gasteiger partial charge on any atom is -0.465 e. The number of rotatable bonds is 1. The van der Waals surface area contributed by atoms with E-state index in [9.17, 15) is 9.18 Å². The first-order valence-electron chi connectivity index (χ1n) is 4.82. The van der Waals surface area contributed by atoms with E-state index >= 15 is 0 Å². The predicted octanol–water partition coefficient (Wildman–Crippen LogP) is 1.68. The minimum atomic E-state index is -0.465. The summed E-state index contributed by atoms with van der Waals surface area (Å²) in [5, 5.41) is 3.13. The zero-order valence-corrected chi connectivity index (χ0v) is 9.70. The lowest BCUT2D eigenvalue weighted by Crippen LogP contribution is -2.26. The van der Waals surface area contributed by atoms with Gasteiger partial charge in [-0.05, 0) is 36.2 Å². The smallest absolute Gasteiger partial charge is 0.338 e. The number of halogens is 2. The van der Waals surface area contributed by atoms with Gasteiger partial charge in [-0.15, -0.1) is 12.4 Å². The van der Waals surface area contributed by atoms with Crippen molar-refractivity contribution in [1.82, 2.24) is 5.32 Å². The van der Waals surface area contributed by atoms with Crippen molar-refractivity contribution in [2.24, 2.45) is 0 Å². The number of benzene rings is 1. The summed E-state index contributed by atoms with van der Waals surface area (Å²) >= 11 is 0. The maximum absolute atomic E-state index is 13.2. The fourth-order valence-corrected chi connectivity index (χ4v) is 1.87. The molecule has 16 heavy (non-hydrogen) atoms. The Morgan fingerprint density at radius 2 is 2.25 bits per heavy atom. The van der Waals surface area contributed by atoms with Crippen LogP contribution in [0.5, 0.6) is 0 Å². The van der Waals surface area contributed by atoms with Gasteiger partial charge in [0.05, 0.1) is 12.7 Å². The summed E-state index contributed by atoms with van der Waals surface area (Å²) in [6, 6.07) is 2.71. The van der Waals surface area contributed by atoms with E-state index in [4.69, 9.17) is 0 Å². The molecule has 0 amide bonds. The summed E-state index contributed by atoms with van der Waals surface area (Å²) in [6.07, 6.45) is 0.736. The molecule has 3 nitrogen and oxygen atoms in total. The van der Waals surface area contributed by atoms with E-state index in [1.807, 2.05) is 0 Å². The van der Waals surface area contributed by atoms with Crippen LogP contribution >= 0.6 is 12.4 Å². The van der Waals surface area contributed by atoms with E-state index in [1.54, 1.807) is 0 Å². The molecule has 0 bridgehead atoms. The topological polar surface area (TPSA) is 38.3 Å². The van der Waals surface area contributed by atoms with Crippen LogP contribution in [-0.2, 0) is 17.7 Å². The van der Waals surface area contributed by atoms with E-state index in [0.717, 1.165) is 24.1 Å². The van der Waals surface area contributed by atoms with Crippen molar-refractivity contribution in [2.75, 3.05) is 13.7 Å². The van der Waals surface area contributed by atoms with Crippen LogP contribution in [-0.4, -0.2) is 19.6 Å². The van der Waals surface area contributed by atoms with Gasteiger partial charge in [0, 0.05) is 6.54 Å². The monoisotopic (exact) mass is 245 g/mol. The molecule has 0 saturated carbocycles. The molecule has 0 atom stereocenters. The molecule has 0 saturated heterocycles. The number of hydrogen-bond donors (Lipinski definition) is 1. The molecule has 0 aromatic heterocycles. The SMILES string of the molecule is COC(=O)c1cc(F)cc2c1CCNC2.Cl. The Bertz CT molecular complexity index is 409. The van der Waals surface area contributed by atoms with Gasteiger partial charge < -0.3 is 10.1 Å². The van der Waals surface area contributed by atoms with Gasteiger partial charge in [-0.25, -0.2) is 9.18 Å². The Hall–Kier alpha value is -1.13. The molecule has 2 rings (SSSR count). The van der Waals surface area contributed by atoms with Gasteiger partial charge in [-0.3, -0.25) is 0 Å². The molecule has 0 aliphatic carbocycles. The van der Waals surface area contributed by atoms with Crippen LogP contribution in [0.15, 0.2) is 12.1 Å².